The van der Waals surface area contributed by atoms with Crippen LogP contribution in [0.25, 0.3) is 0 Å². The van der Waals surface area contributed by atoms with Gasteiger partial charge in [-0.25, -0.2) is 0 Å². The minimum absolute atomic E-state index is 0.509. The van der Waals surface area contributed by atoms with Crippen molar-refractivity contribution in [3.05, 3.63) is 87.5 Å². The van der Waals surface area contributed by atoms with Crippen LogP contribution in [0.3, 0.4) is 0 Å². The zero-order chi connectivity index (χ0) is 22.1. The van der Waals surface area contributed by atoms with Crippen LogP contribution in [0.1, 0.15) is 38.9 Å². The average molecular weight is 424 g/mol. The van der Waals surface area contributed by atoms with Crippen LogP contribution in [0, 0.1) is 48.5 Å². The Hall–Kier alpha value is -2.71. The fourth-order valence-electron chi connectivity index (χ4n) is 3.59. The van der Waals surface area contributed by atoms with E-state index in [1.807, 2.05) is 97.0 Å². The molecule has 158 valence electrons. The van der Waals surface area contributed by atoms with Gasteiger partial charge in [-0.2, -0.15) is 4.57 Å². The largest absolute Gasteiger partial charge is 0.647 e. The second-order valence-electron chi connectivity index (χ2n) is 7.89. The van der Waals surface area contributed by atoms with E-state index >= 15 is 0 Å². The molecule has 3 rings (SSSR count). The van der Waals surface area contributed by atoms with Crippen LogP contribution in [0.15, 0.2) is 48.5 Å². The molecule has 0 radical (unpaired) electrons. The van der Waals surface area contributed by atoms with Crippen LogP contribution < -0.4 is 13.6 Å². The lowest BCUT2D eigenvalue weighted by Crippen LogP contribution is -2.11. The van der Waals surface area contributed by atoms with Crippen LogP contribution in [-0.2, 0) is 4.57 Å². The first-order valence-electron chi connectivity index (χ1n) is 9.99. The molecule has 0 heterocycles. The summed E-state index contributed by atoms with van der Waals surface area (Å²) >= 11 is 0. The number of hydrogen-bond donors (Lipinski definition) is 0. The number of aryl methyl sites for hydroxylation is 7. The van der Waals surface area contributed by atoms with Gasteiger partial charge < -0.3 is 13.6 Å². The van der Waals surface area contributed by atoms with Crippen molar-refractivity contribution in [1.82, 2.24) is 0 Å². The fraction of sp³-hybridized carbons (Fsp3) is 0.280. The van der Waals surface area contributed by atoms with Gasteiger partial charge in [-0.05, 0) is 81.8 Å². The Bertz CT molecular complexity index is 1010. The molecule has 0 saturated carbocycles. The first-order chi connectivity index (χ1) is 14.1. The van der Waals surface area contributed by atoms with Crippen LogP contribution in [0.4, 0.5) is 0 Å². The summed E-state index contributed by atoms with van der Waals surface area (Å²) in [6.45, 7) is 13.5. The molecular weight excluding hydrogens is 395 g/mol. The summed E-state index contributed by atoms with van der Waals surface area (Å²) in [4.78, 5) is 0. The molecule has 5 heteroatoms. The van der Waals surface area contributed by atoms with E-state index in [1.54, 1.807) is 0 Å². The molecule has 0 unspecified atom stereocenters. The number of rotatable bonds is 6. The molecular formula is C25H29O4P. The Labute approximate surface area is 179 Å². The third kappa shape index (κ3) is 4.71. The zero-order valence-electron chi connectivity index (χ0n) is 18.7. The highest BCUT2D eigenvalue weighted by molar-refractivity contribution is 7.49. The number of phosphoric acid groups is 1. The third-order valence-electron chi connectivity index (χ3n) is 5.03. The van der Waals surface area contributed by atoms with Crippen LogP contribution in [-0.4, -0.2) is 0 Å². The SMILES string of the molecule is Cc1cc(C)c(OP(=O)(Oc2c(C)cccc2C)Oc2c(C)cccc2C)c(C)c1. The fourth-order valence-corrected chi connectivity index (χ4v) is 5.23. The molecule has 4 nitrogen and oxygen atoms in total. The Morgan fingerprint density at radius 3 is 1.17 bits per heavy atom. The predicted molar refractivity (Wildman–Crippen MR) is 122 cm³/mol. The van der Waals surface area contributed by atoms with Crippen molar-refractivity contribution in [2.75, 3.05) is 0 Å². The van der Waals surface area contributed by atoms with E-state index in [2.05, 4.69) is 0 Å². The molecule has 3 aromatic rings. The first kappa shape index (κ1) is 22.0. The van der Waals surface area contributed by atoms with Gasteiger partial charge in [0, 0.05) is 0 Å². The maximum Gasteiger partial charge on any atom is 0.647 e. The van der Waals surface area contributed by atoms with Crippen molar-refractivity contribution in [2.45, 2.75) is 48.5 Å². The minimum Gasteiger partial charge on any atom is -0.385 e. The second kappa shape index (κ2) is 8.57. The highest BCUT2D eigenvalue weighted by Crippen LogP contribution is 2.53. The molecule has 0 aliphatic carbocycles. The van der Waals surface area contributed by atoms with Crippen LogP contribution in [0.5, 0.6) is 17.2 Å². The van der Waals surface area contributed by atoms with Gasteiger partial charge in [-0.1, -0.05) is 54.1 Å². The van der Waals surface area contributed by atoms with Gasteiger partial charge in [-0.15, -0.1) is 0 Å². The Morgan fingerprint density at radius 1 is 0.533 bits per heavy atom. The molecule has 30 heavy (non-hydrogen) atoms. The highest BCUT2D eigenvalue weighted by Gasteiger charge is 2.36. The van der Waals surface area contributed by atoms with Gasteiger partial charge in [0.1, 0.15) is 17.2 Å². The first-order valence-corrected chi connectivity index (χ1v) is 11.4. The lowest BCUT2D eigenvalue weighted by Gasteiger charge is -2.24. The van der Waals surface area contributed by atoms with Crippen molar-refractivity contribution in [2.24, 2.45) is 0 Å². The van der Waals surface area contributed by atoms with Crippen LogP contribution >= 0.6 is 7.82 Å². The van der Waals surface area contributed by atoms with Crippen molar-refractivity contribution in [3.8, 4) is 17.2 Å². The maximum absolute atomic E-state index is 14.1. The third-order valence-corrected chi connectivity index (χ3v) is 6.25. The summed E-state index contributed by atoms with van der Waals surface area (Å²) in [5.74, 6) is 1.53. The normalized spacial score (nSPS) is 11.3. The van der Waals surface area contributed by atoms with Crippen molar-refractivity contribution < 1.29 is 18.1 Å². The molecule has 0 N–H and O–H groups in total. The monoisotopic (exact) mass is 424 g/mol. The lowest BCUT2D eigenvalue weighted by atomic mass is 10.1. The second-order valence-corrected chi connectivity index (χ2v) is 9.33. The summed E-state index contributed by atoms with van der Waals surface area (Å²) in [6, 6.07) is 15.5. The molecule has 3 aromatic carbocycles. The number of benzene rings is 3. The standard InChI is InChI=1S/C25H29O4P/c1-16-14-21(6)25(22(7)15-16)29-30(26,27-23-17(2)10-8-11-18(23)3)28-24-19(4)12-9-13-20(24)5/h8-15H,1-7H3. The van der Waals surface area contributed by atoms with Gasteiger partial charge in [0.15, 0.2) is 0 Å². The van der Waals surface area contributed by atoms with E-state index in [-0.39, 0.29) is 0 Å². The molecule has 0 aliphatic heterocycles. The van der Waals surface area contributed by atoms with E-state index in [0.717, 1.165) is 38.9 Å². The topological polar surface area (TPSA) is 44.8 Å². The van der Waals surface area contributed by atoms with Crippen molar-refractivity contribution in [1.29, 1.82) is 0 Å². The Morgan fingerprint density at radius 2 is 0.833 bits per heavy atom. The predicted octanol–water partition coefficient (Wildman–Crippen LogP) is 7.49. The van der Waals surface area contributed by atoms with Gasteiger partial charge in [0.25, 0.3) is 0 Å². The summed E-state index contributed by atoms with van der Waals surface area (Å²) in [7, 11) is -4.06. The summed E-state index contributed by atoms with van der Waals surface area (Å²) < 4.78 is 32.2. The van der Waals surface area contributed by atoms with Gasteiger partial charge in [0.05, 0.1) is 0 Å². The van der Waals surface area contributed by atoms with Gasteiger partial charge >= 0.3 is 7.82 Å². The van der Waals surface area contributed by atoms with Gasteiger partial charge in [-0.3, -0.25) is 0 Å². The van der Waals surface area contributed by atoms with E-state index in [1.165, 1.54) is 0 Å². The molecule has 0 spiro atoms. The van der Waals surface area contributed by atoms with Crippen molar-refractivity contribution in [3.63, 3.8) is 0 Å². The number of phosphoric ester groups is 1. The number of para-hydroxylation sites is 2. The molecule has 0 bridgehead atoms. The molecule has 0 atom stereocenters. The van der Waals surface area contributed by atoms with Gasteiger partial charge in [0.2, 0.25) is 0 Å². The summed E-state index contributed by atoms with van der Waals surface area (Å²) in [5.41, 5.74) is 6.31. The zero-order valence-corrected chi connectivity index (χ0v) is 19.6. The van der Waals surface area contributed by atoms with E-state index in [4.69, 9.17) is 13.6 Å². The highest BCUT2D eigenvalue weighted by atomic mass is 31.2. The molecule has 0 amide bonds. The summed E-state index contributed by atoms with van der Waals surface area (Å²) in [5, 5.41) is 0. The average Bonchev–Trinajstić information content (AvgIpc) is 2.65. The molecule has 0 fully saturated rings. The van der Waals surface area contributed by atoms with Crippen LogP contribution in [0.2, 0.25) is 0 Å². The summed E-state index contributed by atoms with van der Waals surface area (Å²) in [6.07, 6.45) is 0. The van der Waals surface area contributed by atoms with E-state index < -0.39 is 7.82 Å². The lowest BCUT2D eigenvalue weighted by molar-refractivity contribution is 0.294. The quantitative estimate of drug-likeness (QED) is 0.385. The smallest absolute Gasteiger partial charge is 0.385 e. The maximum atomic E-state index is 14.1. The molecule has 0 saturated heterocycles. The minimum atomic E-state index is -4.06. The molecule has 0 aliphatic rings. The number of hydrogen-bond acceptors (Lipinski definition) is 4. The Balaban J connectivity index is 2.10. The van der Waals surface area contributed by atoms with E-state index in [0.29, 0.717) is 17.2 Å². The van der Waals surface area contributed by atoms with Crippen molar-refractivity contribution >= 4 is 7.82 Å². The van der Waals surface area contributed by atoms with E-state index in [9.17, 15) is 4.57 Å². The Kier molecular flexibility index (Phi) is 6.28. The molecule has 0 aromatic heterocycles.